The summed E-state index contributed by atoms with van der Waals surface area (Å²) in [5.41, 5.74) is -0.635. The van der Waals surface area contributed by atoms with Gasteiger partial charge in [-0.15, -0.1) is 11.3 Å². The fourth-order valence-corrected chi connectivity index (χ4v) is 4.51. The predicted molar refractivity (Wildman–Crippen MR) is 125 cm³/mol. The van der Waals surface area contributed by atoms with Crippen LogP contribution in [0.15, 0.2) is 30.3 Å². The molecule has 0 radical (unpaired) electrons. The average Bonchev–Trinajstić information content (AvgIpc) is 3.35. The highest BCUT2D eigenvalue weighted by Gasteiger charge is 2.35. The van der Waals surface area contributed by atoms with E-state index in [2.05, 4.69) is 21.3 Å². The van der Waals surface area contributed by atoms with Crippen molar-refractivity contribution in [2.45, 2.75) is 45.2 Å². The summed E-state index contributed by atoms with van der Waals surface area (Å²) in [6.45, 7) is 5.32. The van der Waals surface area contributed by atoms with Crippen LogP contribution in [0.25, 0.3) is 10.1 Å². The molecule has 1 aliphatic rings. The first kappa shape index (κ1) is 24.4. The Labute approximate surface area is 195 Å². The highest BCUT2D eigenvalue weighted by Crippen LogP contribution is 2.25. The third kappa shape index (κ3) is 6.61. The molecular weight excluding hydrogens is 444 g/mol. The third-order valence-corrected chi connectivity index (χ3v) is 6.22. The Hall–Kier alpha value is -3.27. The summed E-state index contributed by atoms with van der Waals surface area (Å²) in [5, 5.41) is 11.3. The van der Waals surface area contributed by atoms with Crippen molar-refractivity contribution in [3.8, 4) is 0 Å². The van der Waals surface area contributed by atoms with E-state index >= 15 is 0 Å². The van der Waals surface area contributed by atoms with Gasteiger partial charge in [-0.25, -0.2) is 0 Å². The molecule has 176 valence electrons. The third-order valence-electron chi connectivity index (χ3n) is 5.11. The minimum atomic E-state index is -1.17. The highest BCUT2D eigenvalue weighted by atomic mass is 32.1. The summed E-state index contributed by atoms with van der Waals surface area (Å²) < 4.78 is 0.956. The number of ketones is 1. The molecule has 1 fully saturated rings. The Balaban J connectivity index is 1.62. The van der Waals surface area contributed by atoms with Crippen molar-refractivity contribution in [3.05, 3.63) is 35.2 Å². The molecule has 4 amide bonds. The van der Waals surface area contributed by atoms with Crippen molar-refractivity contribution < 1.29 is 24.0 Å². The van der Waals surface area contributed by atoms with Crippen molar-refractivity contribution in [2.24, 2.45) is 5.92 Å². The molecule has 10 heteroatoms. The zero-order valence-electron chi connectivity index (χ0n) is 18.8. The van der Waals surface area contributed by atoms with E-state index in [0.717, 1.165) is 10.1 Å². The number of hydrogen-bond donors (Lipinski definition) is 4. The maximum atomic E-state index is 12.8. The maximum Gasteiger partial charge on any atom is 0.290 e. The molecule has 1 aromatic heterocycles. The number of nitrogens with one attached hydrogen (secondary N) is 4. The smallest absolute Gasteiger partial charge is 0.290 e. The minimum Gasteiger partial charge on any atom is -0.356 e. The lowest BCUT2D eigenvalue weighted by Gasteiger charge is -2.23. The molecule has 0 unspecified atom stereocenters. The second-order valence-corrected chi connectivity index (χ2v) is 10.1. The Morgan fingerprint density at radius 3 is 2.55 bits per heavy atom. The van der Waals surface area contributed by atoms with Gasteiger partial charge >= 0.3 is 0 Å². The first-order chi connectivity index (χ1) is 15.5. The molecule has 2 atom stereocenters. The van der Waals surface area contributed by atoms with Gasteiger partial charge in [0, 0.05) is 22.7 Å². The van der Waals surface area contributed by atoms with Gasteiger partial charge in [-0.3, -0.25) is 24.0 Å². The van der Waals surface area contributed by atoms with Crippen LogP contribution in [0.4, 0.5) is 0 Å². The van der Waals surface area contributed by atoms with E-state index < -0.39 is 41.0 Å². The fraction of sp³-hybridized carbons (Fsp3) is 0.435. The van der Waals surface area contributed by atoms with Crippen LogP contribution in [-0.4, -0.2) is 54.1 Å². The molecule has 3 rings (SSSR count). The number of rotatable bonds is 8. The number of hydrogen-bond acceptors (Lipinski definition) is 6. The molecule has 2 heterocycles. The minimum absolute atomic E-state index is 0.0121. The number of benzene rings is 1. The molecule has 33 heavy (non-hydrogen) atoms. The molecule has 2 aromatic rings. The highest BCUT2D eigenvalue weighted by molar-refractivity contribution is 7.20. The Bertz CT molecular complexity index is 1050. The van der Waals surface area contributed by atoms with Crippen LogP contribution >= 0.6 is 11.3 Å². The number of fused-ring (bicyclic) bond motifs is 1. The number of thiophene rings is 1. The van der Waals surface area contributed by atoms with Crippen LogP contribution in [0, 0.1) is 5.92 Å². The van der Waals surface area contributed by atoms with E-state index in [1.165, 1.54) is 11.3 Å². The van der Waals surface area contributed by atoms with Gasteiger partial charge in [-0.1, -0.05) is 18.2 Å². The molecule has 1 saturated heterocycles. The van der Waals surface area contributed by atoms with Gasteiger partial charge in [0.05, 0.1) is 17.5 Å². The summed E-state index contributed by atoms with van der Waals surface area (Å²) >= 11 is 1.31. The van der Waals surface area contributed by atoms with Gasteiger partial charge in [0.15, 0.2) is 0 Å². The predicted octanol–water partition coefficient (Wildman–Crippen LogP) is 1.13. The average molecular weight is 473 g/mol. The lowest BCUT2D eigenvalue weighted by atomic mass is 9.95. The molecular formula is C23H28N4O5S. The quantitative estimate of drug-likeness (QED) is 0.428. The number of Topliss-reactive ketones (excluding diaryl/α,β-unsaturated/α-hetero) is 1. The normalized spacial score (nSPS) is 16.7. The summed E-state index contributed by atoms with van der Waals surface area (Å²) in [6.07, 6.45) is 0.528. The molecule has 0 bridgehead atoms. The summed E-state index contributed by atoms with van der Waals surface area (Å²) in [4.78, 5) is 62.6. The summed E-state index contributed by atoms with van der Waals surface area (Å²) in [6, 6.07) is 8.13. The molecule has 0 aliphatic carbocycles. The topological polar surface area (TPSA) is 133 Å². The molecule has 9 nitrogen and oxygen atoms in total. The molecule has 1 aliphatic heterocycles. The maximum absolute atomic E-state index is 12.8. The first-order valence-electron chi connectivity index (χ1n) is 10.7. The number of carbonyl (C=O) groups excluding carboxylic acids is 5. The second-order valence-electron chi connectivity index (χ2n) is 9.03. The number of carbonyl (C=O) groups is 5. The van der Waals surface area contributed by atoms with Gasteiger partial charge in [0.2, 0.25) is 17.6 Å². The molecule has 4 N–H and O–H groups in total. The van der Waals surface area contributed by atoms with E-state index in [-0.39, 0.29) is 18.9 Å². The monoisotopic (exact) mass is 472 g/mol. The summed E-state index contributed by atoms with van der Waals surface area (Å²) in [7, 11) is 0. The standard InChI is InChI=1S/C23H28N4O5S/c1-23(2,3)27-22(32)19(29)15(10-14-8-9-24-20(14)30)26-18(28)12-25-21(31)17-11-13-6-4-5-7-16(13)33-17/h4-7,11,14-15H,8-10,12H2,1-3H3,(H,24,30)(H,25,31)(H,26,28)(H,27,32)/t14-,15-/m0/s1. The summed E-state index contributed by atoms with van der Waals surface area (Å²) in [5.74, 6) is -3.37. The van der Waals surface area contributed by atoms with E-state index in [0.29, 0.717) is 17.8 Å². The Kier molecular flexibility index (Phi) is 7.47. The van der Waals surface area contributed by atoms with Crippen LogP contribution in [0.1, 0.15) is 43.3 Å². The molecule has 1 aromatic carbocycles. The largest absolute Gasteiger partial charge is 0.356 e. The van der Waals surface area contributed by atoms with Gasteiger partial charge in [-0.05, 0) is 51.1 Å². The van der Waals surface area contributed by atoms with E-state index in [1.807, 2.05) is 24.3 Å². The van der Waals surface area contributed by atoms with Crippen LogP contribution in [0.2, 0.25) is 0 Å². The van der Waals surface area contributed by atoms with Crippen molar-refractivity contribution in [1.82, 2.24) is 21.3 Å². The Morgan fingerprint density at radius 1 is 1.18 bits per heavy atom. The van der Waals surface area contributed by atoms with E-state index in [1.54, 1.807) is 26.8 Å². The number of amides is 4. The lowest BCUT2D eigenvalue weighted by molar-refractivity contribution is -0.141. The van der Waals surface area contributed by atoms with Gasteiger partial charge in [-0.2, -0.15) is 0 Å². The molecule has 0 spiro atoms. The van der Waals surface area contributed by atoms with Crippen molar-refractivity contribution in [2.75, 3.05) is 13.1 Å². The van der Waals surface area contributed by atoms with Crippen LogP contribution in [0.3, 0.4) is 0 Å². The van der Waals surface area contributed by atoms with Crippen molar-refractivity contribution >= 4 is 50.8 Å². The van der Waals surface area contributed by atoms with Crippen LogP contribution < -0.4 is 21.3 Å². The molecule has 0 saturated carbocycles. The van der Waals surface area contributed by atoms with Crippen molar-refractivity contribution in [3.63, 3.8) is 0 Å². The fourth-order valence-electron chi connectivity index (χ4n) is 3.53. The van der Waals surface area contributed by atoms with Gasteiger partial charge in [0.1, 0.15) is 0 Å². The lowest BCUT2D eigenvalue weighted by Crippen LogP contribution is -2.53. The SMILES string of the molecule is CC(C)(C)NC(=O)C(=O)[C@H](C[C@@H]1CCNC1=O)NC(=O)CNC(=O)c1cc2ccccc2s1. The van der Waals surface area contributed by atoms with Crippen molar-refractivity contribution in [1.29, 1.82) is 0 Å². The van der Waals surface area contributed by atoms with Crippen LogP contribution in [0.5, 0.6) is 0 Å². The van der Waals surface area contributed by atoms with E-state index in [9.17, 15) is 24.0 Å². The van der Waals surface area contributed by atoms with E-state index in [4.69, 9.17) is 0 Å². The zero-order chi connectivity index (χ0) is 24.2. The zero-order valence-corrected chi connectivity index (χ0v) is 19.6. The second kappa shape index (κ2) is 10.1. The first-order valence-corrected chi connectivity index (χ1v) is 11.6. The van der Waals surface area contributed by atoms with Gasteiger partial charge in [0.25, 0.3) is 11.8 Å². The van der Waals surface area contributed by atoms with Crippen LogP contribution in [-0.2, 0) is 19.2 Å². The Morgan fingerprint density at radius 2 is 1.91 bits per heavy atom. The van der Waals surface area contributed by atoms with Gasteiger partial charge < -0.3 is 21.3 Å².